The van der Waals surface area contributed by atoms with E-state index in [9.17, 15) is 0 Å². The normalized spacial score (nSPS) is 14.9. The summed E-state index contributed by atoms with van der Waals surface area (Å²) in [5, 5.41) is 3.59. The van der Waals surface area contributed by atoms with Crippen LogP contribution < -0.4 is 10.1 Å². The summed E-state index contributed by atoms with van der Waals surface area (Å²) in [5.74, 6) is 1.36. The summed E-state index contributed by atoms with van der Waals surface area (Å²) >= 11 is 6.00. The molecule has 1 N–H and O–H groups in total. The summed E-state index contributed by atoms with van der Waals surface area (Å²) in [4.78, 5) is 10.8. The van der Waals surface area contributed by atoms with E-state index < -0.39 is 0 Å². The van der Waals surface area contributed by atoms with Crippen LogP contribution >= 0.6 is 11.6 Å². The Labute approximate surface area is 141 Å². The predicted molar refractivity (Wildman–Crippen MR) is 92.7 cm³/mol. The summed E-state index contributed by atoms with van der Waals surface area (Å²) < 4.78 is 5.79. The van der Waals surface area contributed by atoms with Crippen LogP contribution in [0.1, 0.15) is 18.4 Å². The molecule has 0 amide bonds. The van der Waals surface area contributed by atoms with Crippen LogP contribution in [0.3, 0.4) is 0 Å². The summed E-state index contributed by atoms with van der Waals surface area (Å²) in [5.41, 5.74) is 1.76. The average molecular weight is 333 g/mol. The summed E-state index contributed by atoms with van der Waals surface area (Å²) in [7, 11) is 0. The van der Waals surface area contributed by atoms with Crippen LogP contribution in [0.5, 0.6) is 5.75 Å². The van der Waals surface area contributed by atoms with Gasteiger partial charge in [-0.1, -0.05) is 11.6 Å². The molecule has 0 spiro atoms. The number of hydrogen-bond donors (Lipinski definition) is 1. The fourth-order valence-corrected chi connectivity index (χ4v) is 2.67. The van der Waals surface area contributed by atoms with Crippen molar-refractivity contribution >= 4 is 23.2 Å². The Morgan fingerprint density at radius 3 is 2.65 bits per heavy atom. The number of ether oxygens (including phenoxy) is 1. The molecule has 3 rings (SSSR count). The molecule has 0 atom stereocenters. The van der Waals surface area contributed by atoms with Crippen molar-refractivity contribution in [2.75, 3.05) is 31.6 Å². The Bertz CT molecular complexity index is 642. The number of halogens is 1. The van der Waals surface area contributed by atoms with Crippen LogP contribution in [-0.4, -0.2) is 41.1 Å². The van der Waals surface area contributed by atoms with Gasteiger partial charge in [-0.2, -0.15) is 0 Å². The maximum atomic E-state index is 6.00. The number of nitrogens with zero attached hydrogens (tertiary/aromatic N) is 3. The van der Waals surface area contributed by atoms with Gasteiger partial charge in [0.05, 0.1) is 0 Å². The van der Waals surface area contributed by atoms with E-state index in [1.807, 2.05) is 31.2 Å². The molecule has 0 bridgehead atoms. The van der Waals surface area contributed by atoms with Crippen molar-refractivity contribution in [1.29, 1.82) is 0 Å². The van der Waals surface area contributed by atoms with E-state index in [1.165, 1.54) is 25.9 Å². The second-order valence-corrected chi connectivity index (χ2v) is 6.07. The fraction of sp³-hybridized carbons (Fsp3) is 0.412. The Balaban J connectivity index is 1.50. The van der Waals surface area contributed by atoms with Gasteiger partial charge in [0.15, 0.2) is 0 Å². The number of hydrogen-bond acceptors (Lipinski definition) is 5. The van der Waals surface area contributed by atoms with Crippen LogP contribution in [0, 0.1) is 6.92 Å². The lowest BCUT2D eigenvalue weighted by molar-refractivity contribution is 0.238. The highest BCUT2D eigenvalue weighted by atomic mass is 35.5. The van der Waals surface area contributed by atoms with E-state index in [0.29, 0.717) is 11.1 Å². The highest BCUT2D eigenvalue weighted by molar-refractivity contribution is 6.30. The summed E-state index contributed by atoms with van der Waals surface area (Å²) in [6, 6.07) is 7.79. The molecular formula is C17H21ClN4O. The number of rotatable bonds is 6. The highest BCUT2D eigenvalue weighted by Crippen LogP contribution is 2.20. The summed E-state index contributed by atoms with van der Waals surface area (Å²) in [6.07, 6.45) is 4.32. The second kappa shape index (κ2) is 7.62. The van der Waals surface area contributed by atoms with Crippen molar-refractivity contribution in [3.8, 4) is 5.75 Å². The molecule has 1 aromatic carbocycles. The number of nitrogens with one attached hydrogen (secondary N) is 1. The van der Waals surface area contributed by atoms with E-state index in [1.54, 1.807) is 6.20 Å². The van der Waals surface area contributed by atoms with Crippen molar-refractivity contribution in [1.82, 2.24) is 14.9 Å². The minimum absolute atomic E-state index is 0.462. The maximum absolute atomic E-state index is 6.00. The highest BCUT2D eigenvalue weighted by Gasteiger charge is 2.10. The van der Waals surface area contributed by atoms with Gasteiger partial charge in [-0.3, -0.25) is 4.90 Å². The van der Waals surface area contributed by atoms with E-state index in [-0.39, 0.29) is 0 Å². The molecule has 0 radical (unpaired) electrons. The zero-order valence-corrected chi connectivity index (χ0v) is 14.0. The molecule has 122 valence electrons. The Kier molecular flexibility index (Phi) is 5.31. The minimum atomic E-state index is 0.462. The predicted octanol–water partition coefficient (Wildman–Crippen LogP) is 3.66. The van der Waals surface area contributed by atoms with Crippen LogP contribution in [-0.2, 0) is 0 Å². The Morgan fingerprint density at radius 1 is 1.22 bits per heavy atom. The standard InChI is InChI=1S/C17H21ClN4O/c1-13-12-19-17(21-16(13)18)20-14-4-6-15(7-5-14)23-11-10-22-8-2-3-9-22/h4-7,12H,2-3,8-11H2,1H3,(H,19,20,21). The molecule has 2 heterocycles. The van der Waals surface area contributed by atoms with E-state index in [0.717, 1.165) is 30.2 Å². The third-order valence-corrected chi connectivity index (χ3v) is 4.28. The molecule has 1 aromatic heterocycles. The van der Waals surface area contributed by atoms with Crippen molar-refractivity contribution in [3.63, 3.8) is 0 Å². The Hall–Kier alpha value is -1.85. The van der Waals surface area contributed by atoms with Crippen LogP contribution in [0.4, 0.5) is 11.6 Å². The molecule has 0 aliphatic carbocycles. The van der Waals surface area contributed by atoms with Crippen molar-refractivity contribution in [3.05, 3.63) is 41.2 Å². The van der Waals surface area contributed by atoms with Crippen molar-refractivity contribution in [2.24, 2.45) is 0 Å². The van der Waals surface area contributed by atoms with Gasteiger partial charge in [0.1, 0.15) is 17.5 Å². The van der Waals surface area contributed by atoms with Crippen LogP contribution in [0.2, 0.25) is 5.15 Å². The SMILES string of the molecule is Cc1cnc(Nc2ccc(OCCN3CCCC3)cc2)nc1Cl. The first-order valence-electron chi connectivity index (χ1n) is 7.92. The number of benzene rings is 1. The van der Waals surface area contributed by atoms with Gasteiger partial charge >= 0.3 is 0 Å². The molecular weight excluding hydrogens is 312 g/mol. The quantitative estimate of drug-likeness (QED) is 0.818. The maximum Gasteiger partial charge on any atom is 0.228 e. The first kappa shape index (κ1) is 16.0. The average Bonchev–Trinajstić information content (AvgIpc) is 3.06. The lowest BCUT2D eigenvalue weighted by Gasteiger charge is -2.15. The molecule has 0 unspecified atom stereocenters. The van der Waals surface area contributed by atoms with Gasteiger partial charge in [-0.15, -0.1) is 0 Å². The van der Waals surface area contributed by atoms with Gasteiger partial charge in [0, 0.05) is 24.0 Å². The molecule has 1 aliphatic rings. The smallest absolute Gasteiger partial charge is 0.228 e. The number of aromatic nitrogens is 2. The molecule has 6 heteroatoms. The molecule has 1 fully saturated rings. The van der Waals surface area contributed by atoms with E-state index in [2.05, 4.69) is 20.2 Å². The van der Waals surface area contributed by atoms with Crippen LogP contribution in [0.25, 0.3) is 0 Å². The molecule has 5 nitrogen and oxygen atoms in total. The van der Waals surface area contributed by atoms with E-state index >= 15 is 0 Å². The topological polar surface area (TPSA) is 50.3 Å². The van der Waals surface area contributed by atoms with Gasteiger partial charge in [0.2, 0.25) is 5.95 Å². The van der Waals surface area contributed by atoms with Crippen molar-refractivity contribution in [2.45, 2.75) is 19.8 Å². The zero-order valence-electron chi connectivity index (χ0n) is 13.3. The first-order chi connectivity index (χ1) is 11.2. The number of likely N-dealkylation sites (tertiary alicyclic amines) is 1. The van der Waals surface area contributed by atoms with Gasteiger partial charge in [-0.25, -0.2) is 9.97 Å². The number of aryl methyl sites for hydroxylation is 1. The fourth-order valence-electron chi connectivity index (χ4n) is 2.54. The lowest BCUT2D eigenvalue weighted by Crippen LogP contribution is -2.25. The summed E-state index contributed by atoms with van der Waals surface area (Å²) in [6.45, 7) is 6.00. The third kappa shape index (κ3) is 4.56. The largest absolute Gasteiger partial charge is 0.492 e. The molecule has 0 saturated carbocycles. The zero-order chi connectivity index (χ0) is 16.1. The molecule has 1 aliphatic heterocycles. The van der Waals surface area contributed by atoms with Crippen molar-refractivity contribution < 1.29 is 4.74 Å². The van der Waals surface area contributed by atoms with Gasteiger partial charge < -0.3 is 10.1 Å². The van der Waals surface area contributed by atoms with Gasteiger partial charge in [0.25, 0.3) is 0 Å². The molecule has 23 heavy (non-hydrogen) atoms. The first-order valence-corrected chi connectivity index (χ1v) is 8.30. The molecule has 1 saturated heterocycles. The van der Waals surface area contributed by atoms with Crippen LogP contribution in [0.15, 0.2) is 30.5 Å². The minimum Gasteiger partial charge on any atom is -0.492 e. The second-order valence-electron chi connectivity index (χ2n) is 5.71. The molecule has 2 aromatic rings. The Morgan fingerprint density at radius 2 is 1.96 bits per heavy atom. The third-order valence-electron chi connectivity index (χ3n) is 3.90. The van der Waals surface area contributed by atoms with Gasteiger partial charge in [-0.05, 0) is 57.1 Å². The van der Waals surface area contributed by atoms with E-state index in [4.69, 9.17) is 16.3 Å². The number of anilines is 2. The lowest BCUT2D eigenvalue weighted by atomic mass is 10.3. The monoisotopic (exact) mass is 332 g/mol.